The highest BCUT2D eigenvalue weighted by molar-refractivity contribution is 7.89. The van der Waals surface area contributed by atoms with Gasteiger partial charge in [-0.3, -0.25) is 9.59 Å². The largest absolute Gasteiger partial charge is 0.469 e. The first-order valence-electron chi connectivity index (χ1n) is 10.4. The number of hydrogen-bond donors (Lipinski definition) is 0. The second-order valence-corrected chi connectivity index (χ2v) is 10.4. The first kappa shape index (κ1) is 22.7. The van der Waals surface area contributed by atoms with Gasteiger partial charge in [-0.2, -0.15) is 4.31 Å². The van der Waals surface area contributed by atoms with Crippen LogP contribution < -0.4 is 0 Å². The van der Waals surface area contributed by atoms with Crippen molar-refractivity contribution >= 4 is 33.4 Å². The molecule has 0 saturated carbocycles. The smallest absolute Gasteiger partial charge is 0.307 e. The molecule has 0 fully saturated rings. The molecule has 2 aromatic rings. The number of hydrogen-bond acceptors (Lipinski definition) is 5. The van der Waals surface area contributed by atoms with Crippen LogP contribution in [0.2, 0.25) is 5.02 Å². The Hall–Kier alpha value is -2.48. The highest BCUT2D eigenvalue weighted by atomic mass is 35.5. The van der Waals surface area contributed by atoms with E-state index < -0.39 is 28.1 Å². The fraction of sp³-hybridized carbons (Fsp3) is 0.333. The molecule has 0 N–H and O–H groups in total. The van der Waals surface area contributed by atoms with Gasteiger partial charge in [0.15, 0.2) is 5.78 Å². The number of aryl methyl sites for hydroxylation is 1. The Morgan fingerprint density at radius 2 is 1.75 bits per heavy atom. The van der Waals surface area contributed by atoms with Crippen LogP contribution in [0.15, 0.2) is 64.6 Å². The zero-order valence-corrected chi connectivity index (χ0v) is 19.4. The zero-order chi connectivity index (χ0) is 23.0. The van der Waals surface area contributed by atoms with Crippen molar-refractivity contribution in [3.8, 4) is 0 Å². The van der Waals surface area contributed by atoms with Gasteiger partial charge in [0.1, 0.15) is 0 Å². The summed E-state index contributed by atoms with van der Waals surface area (Å²) in [5.41, 5.74) is 2.75. The van der Waals surface area contributed by atoms with Crippen LogP contribution in [0, 0.1) is 6.92 Å². The van der Waals surface area contributed by atoms with E-state index in [4.69, 9.17) is 16.3 Å². The van der Waals surface area contributed by atoms with Gasteiger partial charge in [-0.15, -0.1) is 0 Å². The Labute approximate surface area is 192 Å². The predicted octanol–water partition coefficient (Wildman–Crippen LogP) is 4.38. The van der Waals surface area contributed by atoms with Gasteiger partial charge in [-0.05, 0) is 55.2 Å². The number of ketones is 1. The minimum atomic E-state index is -4.05. The van der Waals surface area contributed by atoms with E-state index in [1.807, 2.05) is 6.92 Å². The molecule has 4 rings (SSSR count). The summed E-state index contributed by atoms with van der Waals surface area (Å²) in [6.07, 6.45) is 1.39. The molecule has 168 valence electrons. The van der Waals surface area contributed by atoms with Crippen LogP contribution in [-0.4, -0.2) is 37.6 Å². The van der Waals surface area contributed by atoms with Crippen molar-refractivity contribution < 1.29 is 22.7 Å². The second kappa shape index (κ2) is 8.81. The summed E-state index contributed by atoms with van der Waals surface area (Å²) in [5, 5.41) is 0.509. The van der Waals surface area contributed by atoms with Crippen LogP contribution in [0.4, 0.5) is 0 Å². The Kier molecular flexibility index (Phi) is 6.25. The van der Waals surface area contributed by atoms with E-state index in [0.29, 0.717) is 41.0 Å². The number of nitrogens with zero attached hydrogens (tertiary/aromatic N) is 1. The van der Waals surface area contributed by atoms with Crippen LogP contribution in [0.5, 0.6) is 0 Å². The number of carbonyl (C=O) groups excluding carboxylic acids is 2. The molecule has 6 nitrogen and oxygen atoms in total. The summed E-state index contributed by atoms with van der Waals surface area (Å²) in [6, 6.07) is 11.8. The summed E-state index contributed by atoms with van der Waals surface area (Å²) in [7, 11) is -2.78. The van der Waals surface area contributed by atoms with E-state index >= 15 is 0 Å². The molecule has 0 radical (unpaired) electrons. The average Bonchev–Trinajstić information content (AvgIpc) is 3.10. The van der Waals surface area contributed by atoms with Crippen molar-refractivity contribution in [3.63, 3.8) is 0 Å². The topological polar surface area (TPSA) is 80.8 Å². The van der Waals surface area contributed by atoms with Crippen LogP contribution in [0.1, 0.15) is 42.9 Å². The summed E-state index contributed by atoms with van der Waals surface area (Å²) in [5.74, 6) is -0.608. The Morgan fingerprint density at radius 1 is 1.09 bits per heavy atom. The summed E-state index contributed by atoms with van der Waals surface area (Å²) in [4.78, 5) is 25.5. The number of methoxy groups -OCH3 is 1. The molecular formula is C24H24ClNO5S. The lowest BCUT2D eigenvalue weighted by atomic mass is 9.85. The molecule has 1 heterocycles. The second-order valence-electron chi connectivity index (χ2n) is 8.11. The molecular weight excluding hydrogens is 450 g/mol. The molecule has 2 aromatic carbocycles. The third kappa shape index (κ3) is 4.00. The predicted molar refractivity (Wildman–Crippen MR) is 121 cm³/mol. The number of esters is 1. The number of benzene rings is 2. The number of Topliss-reactive ketones (excluding diaryl/α,β-unsaturated/α-hetero) is 1. The molecule has 8 heteroatoms. The minimum absolute atomic E-state index is 0.0809. The van der Waals surface area contributed by atoms with E-state index in [2.05, 4.69) is 0 Å². The molecule has 2 aliphatic rings. The zero-order valence-electron chi connectivity index (χ0n) is 17.9. The monoisotopic (exact) mass is 473 g/mol. The lowest BCUT2D eigenvalue weighted by molar-refractivity contribution is -0.141. The van der Waals surface area contributed by atoms with Gasteiger partial charge in [0, 0.05) is 17.0 Å². The number of ether oxygens (including phenoxy) is 1. The number of sulfonamides is 1. The van der Waals surface area contributed by atoms with Gasteiger partial charge >= 0.3 is 5.97 Å². The van der Waals surface area contributed by atoms with Crippen molar-refractivity contribution in [1.29, 1.82) is 0 Å². The summed E-state index contributed by atoms with van der Waals surface area (Å²) >= 11 is 6.07. The Bertz CT molecular complexity index is 1190. The maximum absolute atomic E-state index is 13.9. The van der Waals surface area contributed by atoms with E-state index in [1.165, 1.54) is 11.4 Å². The highest BCUT2D eigenvalue weighted by Gasteiger charge is 2.51. The normalized spacial score (nSPS) is 21.5. The molecule has 0 saturated heterocycles. The van der Waals surface area contributed by atoms with Crippen molar-refractivity contribution in [1.82, 2.24) is 4.31 Å². The van der Waals surface area contributed by atoms with E-state index in [1.54, 1.807) is 48.5 Å². The van der Waals surface area contributed by atoms with Gasteiger partial charge in [-0.1, -0.05) is 41.4 Å². The highest BCUT2D eigenvalue weighted by Crippen LogP contribution is 2.49. The van der Waals surface area contributed by atoms with Gasteiger partial charge in [0.05, 0.1) is 30.5 Å². The molecule has 2 atom stereocenters. The van der Waals surface area contributed by atoms with Gasteiger partial charge < -0.3 is 4.74 Å². The molecule has 0 spiro atoms. The van der Waals surface area contributed by atoms with Crippen LogP contribution in [0.3, 0.4) is 0 Å². The van der Waals surface area contributed by atoms with Gasteiger partial charge in [-0.25, -0.2) is 8.42 Å². The fourth-order valence-corrected chi connectivity index (χ4v) is 6.46. The fourth-order valence-electron chi connectivity index (χ4n) is 4.57. The number of rotatable bonds is 5. The van der Waals surface area contributed by atoms with Crippen molar-refractivity contribution in [2.45, 2.75) is 49.6 Å². The van der Waals surface area contributed by atoms with Crippen molar-refractivity contribution in [2.24, 2.45) is 0 Å². The molecule has 1 aliphatic carbocycles. The maximum Gasteiger partial charge on any atom is 0.307 e. The van der Waals surface area contributed by atoms with Crippen molar-refractivity contribution in [3.05, 3.63) is 75.8 Å². The Balaban J connectivity index is 1.93. The maximum atomic E-state index is 13.9. The first-order chi connectivity index (χ1) is 15.2. The summed E-state index contributed by atoms with van der Waals surface area (Å²) in [6.45, 7) is 1.88. The molecule has 0 amide bonds. The minimum Gasteiger partial charge on any atom is -0.469 e. The SMILES string of the molecule is COC(=O)C[C@H]1C2=C(C(=O)CCC2)[C@@H](c2ccc(Cl)cc2)N1S(=O)(=O)c1ccc(C)cc1. The summed E-state index contributed by atoms with van der Waals surface area (Å²) < 4.78 is 34.1. The van der Waals surface area contributed by atoms with Crippen molar-refractivity contribution in [2.75, 3.05) is 7.11 Å². The van der Waals surface area contributed by atoms with Crippen LogP contribution in [0.25, 0.3) is 0 Å². The van der Waals surface area contributed by atoms with Gasteiger partial charge in [0.2, 0.25) is 10.0 Å². The molecule has 0 aromatic heterocycles. The first-order valence-corrected chi connectivity index (χ1v) is 12.2. The van der Waals surface area contributed by atoms with Crippen LogP contribution >= 0.6 is 11.6 Å². The standard InChI is InChI=1S/C24H24ClNO5S/c1-15-6-12-18(13-7-15)32(29,30)26-20(14-22(28)31-2)19-4-3-5-21(27)23(19)24(26)16-8-10-17(25)11-9-16/h6-13,20,24H,3-5,14H2,1-2H3/t20-,24+/m0/s1. The number of carbonyl (C=O) groups is 2. The number of halogens is 1. The Morgan fingerprint density at radius 3 is 2.38 bits per heavy atom. The third-order valence-corrected chi connectivity index (χ3v) is 8.24. The molecule has 32 heavy (non-hydrogen) atoms. The molecule has 0 bridgehead atoms. The van der Waals surface area contributed by atoms with E-state index in [9.17, 15) is 18.0 Å². The lowest BCUT2D eigenvalue weighted by Gasteiger charge is -2.31. The average molecular weight is 474 g/mol. The van der Waals surface area contributed by atoms with E-state index in [-0.39, 0.29) is 17.1 Å². The quantitative estimate of drug-likeness (QED) is 0.602. The van der Waals surface area contributed by atoms with E-state index in [0.717, 1.165) is 5.56 Å². The van der Waals surface area contributed by atoms with Crippen LogP contribution in [-0.2, 0) is 24.3 Å². The molecule has 1 aliphatic heterocycles. The molecule has 0 unspecified atom stereocenters. The van der Waals surface area contributed by atoms with Gasteiger partial charge in [0.25, 0.3) is 0 Å². The third-order valence-electron chi connectivity index (χ3n) is 6.10. The lowest BCUT2D eigenvalue weighted by Crippen LogP contribution is -2.41.